The Labute approximate surface area is 116 Å². The van der Waals surface area contributed by atoms with E-state index in [4.69, 9.17) is 9.84 Å². The van der Waals surface area contributed by atoms with Crippen molar-refractivity contribution in [1.82, 2.24) is 0 Å². The highest BCUT2D eigenvalue weighted by Gasteiger charge is 2.21. The number of benzene rings is 2. The number of hydrogen-bond donors (Lipinski definition) is 1. The van der Waals surface area contributed by atoms with Gasteiger partial charge in [0.15, 0.2) is 23.1 Å². The van der Waals surface area contributed by atoms with Crippen molar-refractivity contribution in [3.8, 4) is 11.5 Å². The quantitative estimate of drug-likeness (QED) is 0.694. The molecular formula is C13H8F3NO4. The molecule has 0 saturated carbocycles. The second-order valence-corrected chi connectivity index (χ2v) is 3.98. The molecule has 0 atom stereocenters. The summed E-state index contributed by atoms with van der Waals surface area (Å²) < 4.78 is 45.6. The van der Waals surface area contributed by atoms with E-state index in [0.29, 0.717) is 12.1 Å². The van der Waals surface area contributed by atoms with Crippen LogP contribution in [0.1, 0.15) is 5.56 Å². The maximum Gasteiger partial charge on any atom is 0.307 e. The monoisotopic (exact) mass is 299 g/mol. The summed E-state index contributed by atoms with van der Waals surface area (Å²) in [5, 5.41) is 19.5. The van der Waals surface area contributed by atoms with Gasteiger partial charge in [0.1, 0.15) is 0 Å². The Kier molecular flexibility index (Phi) is 4.08. The van der Waals surface area contributed by atoms with Gasteiger partial charge in [0, 0.05) is 11.6 Å². The Hall–Kier alpha value is -2.61. The van der Waals surface area contributed by atoms with Crippen LogP contribution in [0.5, 0.6) is 11.5 Å². The summed E-state index contributed by atoms with van der Waals surface area (Å²) in [5.74, 6) is -4.64. The fraction of sp³-hybridized carbons (Fsp3) is 0.0769. The number of para-hydroxylation sites is 1. The number of rotatable bonds is 4. The van der Waals surface area contributed by atoms with E-state index < -0.39 is 46.2 Å². The number of hydrogen-bond acceptors (Lipinski definition) is 4. The summed E-state index contributed by atoms with van der Waals surface area (Å²) >= 11 is 0. The first-order valence-corrected chi connectivity index (χ1v) is 5.63. The number of aliphatic hydroxyl groups is 1. The molecule has 0 saturated heterocycles. The van der Waals surface area contributed by atoms with Crippen molar-refractivity contribution < 1.29 is 27.9 Å². The third-order valence-electron chi connectivity index (χ3n) is 2.63. The number of halogens is 3. The lowest BCUT2D eigenvalue weighted by Gasteiger charge is -2.11. The Morgan fingerprint density at radius 1 is 1.14 bits per heavy atom. The first-order valence-electron chi connectivity index (χ1n) is 5.63. The number of nitrogens with zero attached hydrogens (tertiary/aromatic N) is 1. The van der Waals surface area contributed by atoms with Crippen LogP contribution in [-0.4, -0.2) is 10.0 Å². The fourth-order valence-electron chi connectivity index (χ4n) is 1.64. The lowest BCUT2D eigenvalue weighted by Crippen LogP contribution is -1.99. The zero-order chi connectivity index (χ0) is 15.6. The van der Waals surface area contributed by atoms with Gasteiger partial charge in [0.05, 0.1) is 17.6 Å². The molecule has 0 aliphatic heterocycles. The zero-order valence-corrected chi connectivity index (χ0v) is 10.3. The first kappa shape index (κ1) is 14.8. The molecule has 110 valence electrons. The van der Waals surface area contributed by atoms with Gasteiger partial charge in [-0.1, -0.05) is 12.1 Å². The van der Waals surface area contributed by atoms with Gasteiger partial charge in [-0.2, -0.15) is 4.39 Å². The van der Waals surface area contributed by atoms with Crippen LogP contribution in [0.4, 0.5) is 18.9 Å². The third kappa shape index (κ3) is 2.95. The minimum absolute atomic E-state index is 0.0214. The van der Waals surface area contributed by atoms with E-state index in [1.165, 1.54) is 12.1 Å². The number of ether oxygens (including phenoxy) is 1. The van der Waals surface area contributed by atoms with Crippen LogP contribution in [0.25, 0.3) is 0 Å². The molecule has 2 aromatic rings. The molecular weight excluding hydrogens is 291 g/mol. The standard InChI is InChI=1S/C13H8F3NO4/c14-8-3-1-2-7(6-18)13(8)21-12-5-9(15)11(17(19)20)4-10(12)16/h1-5,18H,6H2. The average Bonchev–Trinajstić information content (AvgIpc) is 2.44. The van der Waals surface area contributed by atoms with E-state index in [0.717, 1.165) is 6.07 Å². The molecule has 0 bridgehead atoms. The highest BCUT2D eigenvalue weighted by molar-refractivity contribution is 5.43. The highest BCUT2D eigenvalue weighted by Crippen LogP contribution is 2.33. The maximum absolute atomic E-state index is 13.7. The topological polar surface area (TPSA) is 72.6 Å². The van der Waals surface area contributed by atoms with Gasteiger partial charge < -0.3 is 9.84 Å². The molecule has 8 heteroatoms. The molecule has 0 unspecified atom stereocenters. The summed E-state index contributed by atoms with van der Waals surface area (Å²) in [5.41, 5.74) is -1.04. The van der Waals surface area contributed by atoms with E-state index in [9.17, 15) is 23.3 Å². The highest BCUT2D eigenvalue weighted by atomic mass is 19.1. The van der Waals surface area contributed by atoms with Crippen molar-refractivity contribution in [2.24, 2.45) is 0 Å². The van der Waals surface area contributed by atoms with Crippen molar-refractivity contribution >= 4 is 5.69 Å². The van der Waals surface area contributed by atoms with Gasteiger partial charge in [0.2, 0.25) is 5.82 Å². The third-order valence-corrected chi connectivity index (χ3v) is 2.63. The Balaban J connectivity index is 2.46. The predicted octanol–water partition coefficient (Wildman–Crippen LogP) is 3.30. The van der Waals surface area contributed by atoms with Crippen LogP contribution in [0.3, 0.4) is 0 Å². The summed E-state index contributed by atoms with van der Waals surface area (Å²) in [4.78, 5) is 9.37. The molecule has 0 amide bonds. The SMILES string of the molecule is O=[N+]([O-])c1cc(F)c(Oc2c(F)cccc2CO)cc1F. The van der Waals surface area contributed by atoms with Crippen LogP contribution >= 0.6 is 0 Å². The molecule has 21 heavy (non-hydrogen) atoms. The van der Waals surface area contributed by atoms with Crippen molar-refractivity contribution in [1.29, 1.82) is 0 Å². The number of nitro groups is 1. The van der Waals surface area contributed by atoms with Crippen LogP contribution in [0.15, 0.2) is 30.3 Å². The van der Waals surface area contributed by atoms with Gasteiger partial charge in [-0.15, -0.1) is 0 Å². The van der Waals surface area contributed by atoms with E-state index >= 15 is 0 Å². The molecule has 2 aromatic carbocycles. The lowest BCUT2D eigenvalue weighted by atomic mass is 10.2. The maximum atomic E-state index is 13.7. The smallest absolute Gasteiger partial charge is 0.307 e. The van der Waals surface area contributed by atoms with Crippen molar-refractivity contribution in [3.63, 3.8) is 0 Å². The van der Waals surface area contributed by atoms with Crippen molar-refractivity contribution in [2.45, 2.75) is 6.61 Å². The molecule has 0 fully saturated rings. The minimum Gasteiger partial charge on any atom is -0.451 e. The molecule has 2 rings (SSSR count). The van der Waals surface area contributed by atoms with Crippen LogP contribution < -0.4 is 4.74 Å². The second-order valence-electron chi connectivity index (χ2n) is 3.98. The normalized spacial score (nSPS) is 10.5. The van der Waals surface area contributed by atoms with Gasteiger partial charge >= 0.3 is 5.69 Å². The van der Waals surface area contributed by atoms with Crippen LogP contribution in [0.2, 0.25) is 0 Å². The summed E-state index contributed by atoms with van der Waals surface area (Å²) in [7, 11) is 0. The predicted molar refractivity (Wildman–Crippen MR) is 65.4 cm³/mol. The Morgan fingerprint density at radius 2 is 1.86 bits per heavy atom. The molecule has 0 spiro atoms. The van der Waals surface area contributed by atoms with Gasteiger partial charge in [0.25, 0.3) is 0 Å². The lowest BCUT2D eigenvalue weighted by molar-refractivity contribution is -0.387. The molecule has 5 nitrogen and oxygen atoms in total. The minimum atomic E-state index is -1.32. The number of nitro benzene ring substituents is 1. The summed E-state index contributed by atoms with van der Waals surface area (Å²) in [6.07, 6.45) is 0. The summed E-state index contributed by atoms with van der Waals surface area (Å²) in [6.45, 7) is -0.579. The van der Waals surface area contributed by atoms with Gasteiger partial charge in [-0.05, 0) is 6.07 Å². The van der Waals surface area contributed by atoms with E-state index in [-0.39, 0.29) is 5.56 Å². The number of aliphatic hydroxyl groups excluding tert-OH is 1. The van der Waals surface area contributed by atoms with Crippen molar-refractivity contribution in [2.75, 3.05) is 0 Å². The zero-order valence-electron chi connectivity index (χ0n) is 10.3. The van der Waals surface area contributed by atoms with Crippen LogP contribution in [0, 0.1) is 27.6 Å². The molecule has 0 aromatic heterocycles. The Morgan fingerprint density at radius 3 is 2.48 bits per heavy atom. The molecule has 0 radical (unpaired) electrons. The van der Waals surface area contributed by atoms with E-state index in [2.05, 4.69) is 0 Å². The van der Waals surface area contributed by atoms with Crippen LogP contribution in [-0.2, 0) is 6.61 Å². The molecule has 0 aliphatic carbocycles. The van der Waals surface area contributed by atoms with Gasteiger partial charge in [-0.3, -0.25) is 10.1 Å². The fourth-order valence-corrected chi connectivity index (χ4v) is 1.64. The first-order chi connectivity index (χ1) is 9.93. The Bertz CT molecular complexity index is 706. The molecule has 0 aliphatic rings. The second kappa shape index (κ2) is 5.80. The molecule has 1 N–H and O–H groups in total. The average molecular weight is 299 g/mol. The van der Waals surface area contributed by atoms with Crippen molar-refractivity contribution in [3.05, 3.63) is 63.5 Å². The van der Waals surface area contributed by atoms with Gasteiger partial charge in [-0.25, -0.2) is 8.78 Å². The largest absolute Gasteiger partial charge is 0.451 e. The van der Waals surface area contributed by atoms with E-state index in [1.54, 1.807) is 0 Å². The summed E-state index contributed by atoms with van der Waals surface area (Å²) in [6, 6.07) is 4.43. The van der Waals surface area contributed by atoms with E-state index in [1.807, 2.05) is 0 Å². The molecule has 0 heterocycles.